The Morgan fingerprint density at radius 2 is 1.83 bits per heavy atom. The Morgan fingerprint density at radius 1 is 1.14 bits per heavy atom. The first kappa shape index (κ1) is 21.0. The zero-order valence-corrected chi connectivity index (χ0v) is 18.4. The van der Waals surface area contributed by atoms with Gasteiger partial charge in [0, 0.05) is 10.2 Å². The SMILES string of the molecule is Cc1c(C(=O)Nc2ccc(OCCC(C)C)cc2)nnn1Cc1ccc(Br)cc1. The van der Waals surface area contributed by atoms with E-state index in [9.17, 15) is 4.79 Å². The molecular weight excluding hydrogens is 432 g/mol. The molecule has 3 rings (SSSR count). The summed E-state index contributed by atoms with van der Waals surface area (Å²) in [6, 6.07) is 15.3. The second-order valence-corrected chi connectivity index (χ2v) is 8.23. The number of nitrogens with zero attached hydrogens (tertiary/aromatic N) is 3. The first-order chi connectivity index (χ1) is 13.9. The van der Waals surface area contributed by atoms with Crippen LogP contribution in [0.5, 0.6) is 5.75 Å². The third-order valence-electron chi connectivity index (χ3n) is 4.52. The maximum absolute atomic E-state index is 12.6. The van der Waals surface area contributed by atoms with Gasteiger partial charge in [-0.25, -0.2) is 4.68 Å². The van der Waals surface area contributed by atoms with Crippen LogP contribution >= 0.6 is 15.9 Å². The van der Waals surface area contributed by atoms with Crippen LogP contribution in [-0.2, 0) is 6.54 Å². The lowest BCUT2D eigenvalue weighted by atomic mass is 10.1. The molecule has 0 bridgehead atoms. The van der Waals surface area contributed by atoms with E-state index in [4.69, 9.17) is 4.74 Å². The lowest BCUT2D eigenvalue weighted by molar-refractivity contribution is 0.102. The van der Waals surface area contributed by atoms with Gasteiger partial charge in [0.05, 0.1) is 18.8 Å². The predicted molar refractivity (Wildman–Crippen MR) is 117 cm³/mol. The molecule has 3 aromatic rings. The number of benzene rings is 2. The summed E-state index contributed by atoms with van der Waals surface area (Å²) in [5.74, 6) is 1.12. The lowest BCUT2D eigenvalue weighted by Gasteiger charge is -2.09. The molecule has 1 N–H and O–H groups in total. The minimum Gasteiger partial charge on any atom is -0.494 e. The average molecular weight is 457 g/mol. The van der Waals surface area contributed by atoms with Crippen molar-refractivity contribution < 1.29 is 9.53 Å². The molecule has 29 heavy (non-hydrogen) atoms. The number of carbonyl (C=O) groups excluding carboxylic acids is 1. The molecule has 0 aliphatic carbocycles. The number of amides is 1. The van der Waals surface area contributed by atoms with E-state index in [1.54, 1.807) is 4.68 Å². The van der Waals surface area contributed by atoms with Crippen molar-refractivity contribution in [2.75, 3.05) is 11.9 Å². The van der Waals surface area contributed by atoms with Gasteiger partial charge >= 0.3 is 0 Å². The van der Waals surface area contributed by atoms with Gasteiger partial charge in [0.15, 0.2) is 5.69 Å². The maximum Gasteiger partial charge on any atom is 0.278 e. The Balaban J connectivity index is 1.60. The first-order valence-corrected chi connectivity index (χ1v) is 10.4. The van der Waals surface area contributed by atoms with Crippen LogP contribution in [0.3, 0.4) is 0 Å². The summed E-state index contributed by atoms with van der Waals surface area (Å²) in [6.07, 6.45) is 1.01. The van der Waals surface area contributed by atoms with Crippen LogP contribution in [0, 0.1) is 12.8 Å². The Labute approximate surface area is 179 Å². The van der Waals surface area contributed by atoms with Crippen LogP contribution in [0.4, 0.5) is 5.69 Å². The molecule has 0 radical (unpaired) electrons. The zero-order valence-electron chi connectivity index (χ0n) is 16.9. The molecule has 1 heterocycles. The zero-order chi connectivity index (χ0) is 20.8. The first-order valence-electron chi connectivity index (χ1n) is 9.61. The molecule has 7 heteroatoms. The highest BCUT2D eigenvalue weighted by Gasteiger charge is 2.17. The average Bonchev–Trinajstić information content (AvgIpc) is 3.05. The summed E-state index contributed by atoms with van der Waals surface area (Å²) in [7, 11) is 0. The van der Waals surface area contributed by atoms with Crippen LogP contribution < -0.4 is 10.1 Å². The Morgan fingerprint density at radius 3 is 2.48 bits per heavy atom. The van der Waals surface area contributed by atoms with Gasteiger partial charge in [-0.1, -0.05) is 47.1 Å². The molecule has 0 unspecified atom stereocenters. The summed E-state index contributed by atoms with van der Waals surface area (Å²) in [5.41, 5.74) is 2.81. The standard InChI is InChI=1S/C22H25BrN4O2/c1-15(2)12-13-29-20-10-8-19(9-11-20)24-22(28)21-16(3)27(26-25-21)14-17-4-6-18(23)7-5-17/h4-11,15H,12-14H2,1-3H3,(H,24,28). The molecule has 1 amide bonds. The van der Waals surface area contributed by atoms with Gasteiger partial charge < -0.3 is 10.1 Å². The van der Waals surface area contributed by atoms with Gasteiger partial charge in [0.25, 0.3) is 5.91 Å². The van der Waals surface area contributed by atoms with Crippen LogP contribution in [0.1, 0.15) is 42.0 Å². The monoisotopic (exact) mass is 456 g/mol. The fourth-order valence-corrected chi connectivity index (χ4v) is 2.98. The van der Waals surface area contributed by atoms with Crippen molar-refractivity contribution in [1.82, 2.24) is 15.0 Å². The van der Waals surface area contributed by atoms with E-state index in [1.807, 2.05) is 55.5 Å². The van der Waals surface area contributed by atoms with Crippen molar-refractivity contribution in [2.45, 2.75) is 33.7 Å². The second kappa shape index (κ2) is 9.69. The van der Waals surface area contributed by atoms with Crippen molar-refractivity contribution in [3.63, 3.8) is 0 Å². The number of anilines is 1. The van der Waals surface area contributed by atoms with Gasteiger partial charge in [-0.3, -0.25) is 4.79 Å². The van der Waals surface area contributed by atoms with E-state index in [-0.39, 0.29) is 5.91 Å². The van der Waals surface area contributed by atoms with Gasteiger partial charge in [-0.2, -0.15) is 0 Å². The van der Waals surface area contributed by atoms with E-state index < -0.39 is 0 Å². The number of carbonyl (C=O) groups is 1. The Hall–Kier alpha value is -2.67. The summed E-state index contributed by atoms with van der Waals surface area (Å²) in [4.78, 5) is 12.6. The van der Waals surface area contributed by atoms with E-state index in [1.165, 1.54) is 0 Å². The van der Waals surface area contributed by atoms with Crippen LogP contribution in [0.2, 0.25) is 0 Å². The van der Waals surface area contributed by atoms with E-state index >= 15 is 0 Å². The van der Waals surface area contributed by atoms with Crippen molar-refractivity contribution in [3.8, 4) is 5.75 Å². The molecule has 2 aromatic carbocycles. The third kappa shape index (κ3) is 5.90. The quantitative estimate of drug-likeness (QED) is 0.513. The molecule has 6 nitrogen and oxygen atoms in total. The fraction of sp³-hybridized carbons (Fsp3) is 0.318. The van der Waals surface area contributed by atoms with Crippen molar-refractivity contribution >= 4 is 27.5 Å². The highest BCUT2D eigenvalue weighted by atomic mass is 79.9. The van der Waals surface area contributed by atoms with Crippen LogP contribution in [-0.4, -0.2) is 27.5 Å². The molecule has 0 saturated heterocycles. The molecule has 0 fully saturated rings. The minimum atomic E-state index is -0.280. The summed E-state index contributed by atoms with van der Waals surface area (Å²) in [6.45, 7) is 7.42. The van der Waals surface area contributed by atoms with Crippen molar-refractivity contribution in [2.24, 2.45) is 5.92 Å². The number of ether oxygens (including phenoxy) is 1. The van der Waals surface area contributed by atoms with E-state index in [0.29, 0.717) is 30.5 Å². The highest BCUT2D eigenvalue weighted by Crippen LogP contribution is 2.18. The number of hydrogen-bond acceptors (Lipinski definition) is 4. The summed E-state index contributed by atoms with van der Waals surface area (Å²) < 4.78 is 8.45. The van der Waals surface area contributed by atoms with Crippen molar-refractivity contribution in [1.29, 1.82) is 0 Å². The molecule has 1 aromatic heterocycles. The Bertz CT molecular complexity index is 950. The maximum atomic E-state index is 12.6. The van der Waals surface area contributed by atoms with Crippen LogP contribution in [0.15, 0.2) is 53.0 Å². The normalized spacial score (nSPS) is 10.9. The third-order valence-corrected chi connectivity index (χ3v) is 5.05. The molecular formula is C22H25BrN4O2. The van der Waals surface area contributed by atoms with Gasteiger partial charge in [-0.05, 0) is 61.2 Å². The van der Waals surface area contributed by atoms with E-state index in [2.05, 4.69) is 45.4 Å². The van der Waals surface area contributed by atoms with Gasteiger partial charge in [-0.15, -0.1) is 5.10 Å². The number of hydrogen-bond donors (Lipinski definition) is 1. The smallest absolute Gasteiger partial charge is 0.278 e. The molecule has 0 saturated carbocycles. The Kier molecular flexibility index (Phi) is 7.04. The molecule has 0 aliphatic rings. The topological polar surface area (TPSA) is 69.0 Å². The molecule has 152 valence electrons. The predicted octanol–water partition coefficient (Wildman–Crippen LogP) is 5.07. The fourth-order valence-electron chi connectivity index (χ4n) is 2.72. The molecule has 0 spiro atoms. The second-order valence-electron chi connectivity index (χ2n) is 7.32. The number of halogens is 1. The van der Waals surface area contributed by atoms with E-state index in [0.717, 1.165) is 27.9 Å². The summed E-state index contributed by atoms with van der Waals surface area (Å²) in [5, 5.41) is 11.1. The summed E-state index contributed by atoms with van der Waals surface area (Å²) >= 11 is 3.43. The van der Waals surface area contributed by atoms with Crippen molar-refractivity contribution in [3.05, 3.63) is 70.0 Å². The van der Waals surface area contributed by atoms with Gasteiger partial charge in [0.1, 0.15) is 5.75 Å². The largest absolute Gasteiger partial charge is 0.494 e. The number of nitrogens with one attached hydrogen (secondary N) is 1. The van der Waals surface area contributed by atoms with Crippen LogP contribution in [0.25, 0.3) is 0 Å². The molecule has 0 aliphatic heterocycles. The van der Waals surface area contributed by atoms with Gasteiger partial charge in [0.2, 0.25) is 0 Å². The number of rotatable bonds is 8. The molecule has 0 atom stereocenters. The lowest BCUT2D eigenvalue weighted by Crippen LogP contribution is -2.14. The highest BCUT2D eigenvalue weighted by molar-refractivity contribution is 9.10. The number of aromatic nitrogens is 3. The minimum absolute atomic E-state index is 0.280.